The van der Waals surface area contributed by atoms with E-state index in [1.165, 1.54) is 120 Å². The van der Waals surface area contributed by atoms with Crippen molar-refractivity contribution in [1.82, 2.24) is 0 Å². The van der Waals surface area contributed by atoms with Crippen LogP contribution in [0.2, 0.25) is 0 Å². The zero-order valence-corrected chi connectivity index (χ0v) is 24.3. The zero-order valence-electron chi connectivity index (χ0n) is 24.3. The number of rotatable bonds is 8. The molecular formula is C36H56. The second-order valence-electron chi connectivity index (χ2n) is 14.7. The van der Waals surface area contributed by atoms with Crippen LogP contribution in [0.15, 0.2) is 47.6 Å². The molecule has 0 aromatic carbocycles. The molecule has 0 heterocycles. The summed E-state index contributed by atoms with van der Waals surface area (Å²) in [6, 6.07) is 0. The summed E-state index contributed by atoms with van der Waals surface area (Å²) >= 11 is 0. The molecule has 5 rings (SSSR count). The molecule has 0 aromatic heterocycles. The van der Waals surface area contributed by atoms with Crippen LogP contribution in [0.3, 0.4) is 0 Å². The van der Waals surface area contributed by atoms with Gasteiger partial charge in [-0.05, 0) is 147 Å². The fourth-order valence-corrected chi connectivity index (χ4v) is 9.45. The van der Waals surface area contributed by atoms with Crippen molar-refractivity contribution in [3.05, 3.63) is 47.6 Å². The largest absolute Gasteiger partial charge is 0.0953 e. The van der Waals surface area contributed by atoms with E-state index in [0.717, 1.165) is 23.2 Å². The lowest BCUT2D eigenvalue weighted by Gasteiger charge is -2.42. The third-order valence-corrected chi connectivity index (χ3v) is 12.6. The van der Waals surface area contributed by atoms with Crippen LogP contribution in [0.4, 0.5) is 0 Å². The van der Waals surface area contributed by atoms with Crippen molar-refractivity contribution < 1.29 is 0 Å². The Morgan fingerprint density at radius 1 is 0.917 bits per heavy atom. The summed E-state index contributed by atoms with van der Waals surface area (Å²) in [5.74, 6) is 3.11. The molecule has 0 aromatic rings. The summed E-state index contributed by atoms with van der Waals surface area (Å²) in [7, 11) is 0. The Hall–Kier alpha value is -1.04. The highest BCUT2D eigenvalue weighted by Gasteiger charge is 2.56. The van der Waals surface area contributed by atoms with Crippen LogP contribution >= 0.6 is 0 Å². The van der Waals surface area contributed by atoms with Gasteiger partial charge in [0, 0.05) is 0 Å². The molecular weight excluding hydrogens is 432 g/mol. The van der Waals surface area contributed by atoms with Gasteiger partial charge in [-0.3, -0.25) is 0 Å². The van der Waals surface area contributed by atoms with Crippen LogP contribution in [-0.4, -0.2) is 0 Å². The summed E-state index contributed by atoms with van der Waals surface area (Å²) in [5.41, 5.74) is 6.62. The fraction of sp³-hybridized carbons (Fsp3) is 0.778. The minimum atomic E-state index is 0.516. The summed E-state index contributed by atoms with van der Waals surface area (Å²) in [4.78, 5) is 0. The standard InChI is InChI=1S/C36H56/c1-27(20-24-36(25-26-36)34(4)21-6-7-22-34)11-8-15-32-18-19-33-31(14-10-23-35(32,33)5)17-16-30-13-9-12-28(2)29(30)3/h8,11,16-17,27-28,32-33H,3,6-7,9-10,12-15,18-26H2,1-2,4-5H3/b11-8+,30-16-,31-17+. The van der Waals surface area contributed by atoms with Gasteiger partial charge in [-0.25, -0.2) is 0 Å². The smallest absolute Gasteiger partial charge is 0.0143 e. The third-order valence-electron chi connectivity index (χ3n) is 12.6. The highest BCUT2D eigenvalue weighted by Crippen LogP contribution is 2.67. The van der Waals surface area contributed by atoms with Gasteiger partial charge in [0.25, 0.3) is 0 Å². The van der Waals surface area contributed by atoms with E-state index < -0.39 is 0 Å². The number of hydrogen-bond donors (Lipinski definition) is 0. The highest BCUT2D eigenvalue weighted by atomic mass is 14.6. The first-order chi connectivity index (χ1) is 17.3. The number of fused-ring (bicyclic) bond motifs is 1. The summed E-state index contributed by atoms with van der Waals surface area (Å²) in [6.07, 6.45) is 34.3. The Morgan fingerprint density at radius 3 is 2.44 bits per heavy atom. The van der Waals surface area contributed by atoms with Crippen LogP contribution < -0.4 is 0 Å². The van der Waals surface area contributed by atoms with Crippen molar-refractivity contribution in [1.29, 1.82) is 0 Å². The average molecular weight is 489 g/mol. The van der Waals surface area contributed by atoms with Gasteiger partial charge in [0.1, 0.15) is 0 Å². The Kier molecular flexibility index (Phi) is 7.83. The molecule has 0 amide bonds. The molecule has 0 spiro atoms. The lowest BCUT2D eigenvalue weighted by Crippen LogP contribution is -2.33. The Bertz CT molecular complexity index is 885. The number of hydrogen-bond acceptors (Lipinski definition) is 0. The van der Waals surface area contributed by atoms with E-state index in [0.29, 0.717) is 16.7 Å². The molecule has 0 heteroatoms. The minimum Gasteiger partial charge on any atom is -0.0953 e. The molecule has 0 N–H and O–H groups in total. The van der Waals surface area contributed by atoms with Gasteiger partial charge in [0.2, 0.25) is 0 Å². The van der Waals surface area contributed by atoms with Crippen LogP contribution in [0, 0.1) is 39.9 Å². The summed E-state index contributed by atoms with van der Waals surface area (Å²) in [6.45, 7) is 14.5. The SMILES string of the molecule is C=C1/C(=C\C=C2/CCCC3(C)C(C/C=C/C(C)CCC4(C5(C)CCCC5)CC4)CCC23)CCCC1C. The Labute approximate surface area is 224 Å². The van der Waals surface area contributed by atoms with Gasteiger partial charge in [0.15, 0.2) is 0 Å². The molecule has 5 fully saturated rings. The van der Waals surface area contributed by atoms with Crippen LogP contribution in [-0.2, 0) is 0 Å². The maximum atomic E-state index is 4.43. The van der Waals surface area contributed by atoms with Gasteiger partial charge < -0.3 is 0 Å². The number of allylic oxidation sites excluding steroid dienone is 7. The van der Waals surface area contributed by atoms with Crippen molar-refractivity contribution in [3.63, 3.8) is 0 Å². The van der Waals surface area contributed by atoms with Crippen molar-refractivity contribution in [2.75, 3.05) is 0 Å². The van der Waals surface area contributed by atoms with Crippen LogP contribution in [0.1, 0.15) is 137 Å². The maximum Gasteiger partial charge on any atom is -0.0143 e. The van der Waals surface area contributed by atoms with Gasteiger partial charge >= 0.3 is 0 Å². The van der Waals surface area contributed by atoms with E-state index in [-0.39, 0.29) is 0 Å². The zero-order chi connectivity index (χ0) is 25.4. The molecule has 5 atom stereocenters. The average Bonchev–Trinajstić information content (AvgIpc) is 3.42. The van der Waals surface area contributed by atoms with E-state index in [4.69, 9.17) is 0 Å². The molecule has 5 aliphatic carbocycles. The second kappa shape index (κ2) is 10.6. The van der Waals surface area contributed by atoms with Crippen molar-refractivity contribution in [3.8, 4) is 0 Å². The van der Waals surface area contributed by atoms with Crippen LogP contribution in [0.25, 0.3) is 0 Å². The predicted octanol–water partition coefficient (Wildman–Crippen LogP) is 11.2. The summed E-state index contributed by atoms with van der Waals surface area (Å²) < 4.78 is 0. The molecule has 0 aliphatic heterocycles. The summed E-state index contributed by atoms with van der Waals surface area (Å²) in [5, 5.41) is 0. The predicted molar refractivity (Wildman–Crippen MR) is 157 cm³/mol. The Morgan fingerprint density at radius 2 is 1.69 bits per heavy atom. The molecule has 0 nitrogen and oxygen atoms in total. The van der Waals surface area contributed by atoms with Crippen LogP contribution in [0.5, 0.6) is 0 Å². The first-order valence-electron chi connectivity index (χ1n) is 16.0. The normalized spacial score (nSPS) is 38.7. The Balaban J connectivity index is 1.15. The van der Waals surface area contributed by atoms with Gasteiger partial charge in [0.05, 0.1) is 0 Å². The minimum absolute atomic E-state index is 0.516. The van der Waals surface area contributed by atoms with E-state index >= 15 is 0 Å². The van der Waals surface area contributed by atoms with E-state index in [1.54, 1.807) is 5.57 Å². The monoisotopic (exact) mass is 488 g/mol. The van der Waals surface area contributed by atoms with E-state index in [2.05, 4.69) is 58.6 Å². The molecule has 200 valence electrons. The van der Waals surface area contributed by atoms with E-state index in [9.17, 15) is 0 Å². The maximum absolute atomic E-state index is 4.43. The molecule has 5 unspecified atom stereocenters. The van der Waals surface area contributed by atoms with Gasteiger partial charge in [-0.2, -0.15) is 0 Å². The van der Waals surface area contributed by atoms with Crippen molar-refractivity contribution >= 4 is 0 Å². The second-order valence-corrected chi connectivity index (χ2v) is 14.7. The lowest BCUT2D eigenvalue weighted by molar-refractivity contribution is 0.137. The first kappa shape index (κ1) is 26.6. The highest BCUT2D eigenvalue weighted by molar-refractivity contribution is 5.36. The van der Waals surface area contributed by atoms with Gasteiger partial charge in [-0.1, -0.05) is 77.0 Å². The van der Waals surface area contributed by atoms with E-state index in [1.807, 2.05) is 0 Å². The third kappa shape index (κ3) is 5.14. The molecule has 5 saturated carbocycles. The molecule has 0 bridgehead atoms. The van der Waals surface area contributed by atoms with Crippen molar-refractivity contribution in [2.45, 2.75) is 137 Å². The topological polar surface area (TPSA) is 0 Å². The molecule has 5 aliphatic rings. The first-order valence-corrected chi connectivity index (χ1v) is 16.0. The molecule has 36 heavy (non-hydrogen) atoms. The lowest BCUT2D eigenvalue weighted by atomic mass is 9.63. The molecule has 0 radical (unpaired) electrons. The molecule has 0 saturated heterocycles. The van der Waals surface area contributed by atoms with Gasteiger partial charge in [-0.15, -0.1) is 0 Å². The fourth-order valence-electron chi connectivity index (χ4n) is 9.45. The quantitative estimate of drug-likeness (QED) is 0.298. The van der Waals surface area contributed by atoms with Crippen molar-refractivity contribution in [2.24, 2.45) is 39.9 Å².